The third-order valence-corrected chi connectivity index (χ3v) is 6.58. The van der Waals surface area contributed by atoms with Crippen LogP contribution in [0.1, 0.15) is 36.2 Å². The number of nitrogens with two attached hydrogens (primary N) is 1. The van der Waals surface area contributed by atoms with Crippen molar-refractivity contribution in [3.63, 3.8) is 0 Å². The number of hydrogen-bond donors (Lipinski definition) is 3. The normalized spacial score (nSPS) is 19.4. The molecule has 1 aliphatic carbocycles. The Labute approximate surface area is 205 Å². The minimum absolute atomic E-state index is 0.0237. The molecule has 1 saturated carbocycles. The molecule has 1 fully saturated rings. The van der Waals surface area contributed by atoms with Crippen LogP contribution in [0.25, 0.3) is 0 Å². The van der Waals surface area contributed by atoms with Gasteiger partial charge in [0.25, 0.3) is 5.91 Å². The van der Waals surface area contributed by atoms with Crippen molar-refractivity contribution in [3.8, 4) is 0 Å². The van der Waals surface area contributed by atoms with Gasteiger partial charge in [-0.1, -0.05) is 49.2 Å². The summed E-state index contributed by atoms with van der Waals surface area (Å²) in [5.41, 5.74) is 6.41. The smallest absolute Gasteiger partial charge is 0.330 e. The maximum Gasteiger partial charge on any atom is 0.330 e. The van der Waals surface area contributed by atoms with Crippen LogP contribution in [-0.4, -0.2) is 39.9 Å². The van der Waals surface area contributed by atoms with Crippen LogP contribution < -0.4 is 11.1 Å². The summed E-state index contributed by atoms with van der Waals surface area (Å²) in [5.74, 6) is -4.45. The van der Waals surface area contributed by atoms with E-state index in [1.165, 1.54) is 12.1 Å². The van der Waals surface area contributed by atoms with Gasteiger partial charge in [0.05, 0.1) is 17.4 Å². The summed E-state index contributed by atoms with van der Waals surface area (Å²) in [6.07, 6.45) is 0.216. The fourth-order valence-corrected chi connectivity index (χ4v) is 4.26. The van der Waals surface area contributed by atoms with Gasteiger partial charge in [0.15, 0.2) is 0 Å². The van der Waals surface area contributed by atoms with E-state index in [0.717, 1.165) is 0 Å². The molecule has 2 aromatic rings. The SMILES string of the molecule is CC1(C)C(C(=O)O)CC1C(=O)OC(=O)[C@@H](N)Cc1ccc(NC(=O)c2ccc(Cl)nc2Cl)cc1. The zero-order valence-electron chi connectivity index (χ0n) is 18.4. The van der Waals surface area contributed by atoms with E-state index in [1.54, 1.807) is 38.1 Å². The molecule has 1 aromatic carbocycles. The standard InChI is InChI=1S/C23H23Cl2N3O6/c1-23(2)14(20(30)31)10-15(23)21(32)34-22(33)16(26)9-11-3-5-12(6-4-11)27-19(29)13-7-8-17(24)28-18(13)25/h3-8,14-16H,9-10,26H2,1-2H3,(H,27,29)(H,30,31)/t14?,15?,16-/m0/s1. The number of halogens is 2. The lowest BCUT2D eigenvalue weighted by molar-refractivity contribution is -0.179. The molecule has 11 heteroatoms. The van der Waals surface area contributed by atoms with Crippen LogP contribution in [0.5, 0.6) is 0 Å². The molecule has 0 spiro atoms. The summed E-state index contributed by atoms with van der Waals surface area (Å²) in [7, 11) is 0. The van der Waals surface area contributed by atoms with Crippen molar-refractivity contribution in [2.75, 3.05) is 5.32 Å². The molecular formula is C23H23Cl2N3O6. The Hall–Kier alpha value is -3.01. The van der Waals surface area contributed by atoms with E-state index in [2.05, 4.69) is 10.3 Å². The van der Waals surface area contributed by atoms with Crippen LogP contribution in [0.2, 0.25) is 10.3 Å². The second kappa shape index (κ2) is 10.1. The van der Waals surface area contributed by atoms with Crippen LogP contribution in [0.3, 0.4) is 0 Å². The van der Waals surface area contributed by atoms with Crippen LogP contribution >= 0.6 is 23.2 Å². The number of pyridine rings is 1. The first-order chi connectivity index (χ1) is 15.9. The molecule has 180 valence electrons. The molecule has 0 radical (unpaired) electrons. The summed E-state index contributed by atoms with van der Waals surface area (Å²) >= 11 is 11.7. The van der Waals surface area contributed by atoms with Gasteiger partial charge in [-0.3, -0.25) is 14.4 Å². The average Bonchev–Trinajstić information content (AvgIpc) is 2.73. The molecule has 1 aliphatic rings. The van der Waals surface area contributed by atoms with Crippen LogP contribution in [0.4, 0.5) is 5.69 Å². The number of benzene rings is 1. The Balaban J connectivity index is 1.53. The van der Waals surface area contributed by atoms with Crippen LogP contribution in [-0.2, 0) is 25.5 Å². The quantitative estimate of drug-likeness (QED) is 0.293. The number of carbonyl (C=O) groups is 4. The molecule has 9 nitrogen and oxygen atoms in total. The van der Waals surface area contributed by atoms with Crippen molar-refractivity contribution >= 4 is 52.7 Å². The van der Waals surface area contributed by atoms with E-state index in [1.807, 2.05) is 0 Å². The van der Waals surface area contributed by atoms with Crippen molar-refractivity contribution in [1.82, 2.24) is 4.98 Å². The number of aliphatic carboxylic acids is 1. The molecule has 2 unspecified atom stereocenters. The first kappa shape index (κ1) is 25.6. The maximum atomic E-state index is 12.4. The van der Waals surface area contributed by atoms with Crippen molar-refractivity contribution in [3.05, 3.63) is 57.8 Å². The lowest BCUT2D eigenvalue weighted by atomic mass is 9.55. The number of nitrogens with zero attached hydrogens (tertiary/aromatic N) is 1. The highest BCUT2D eigenvalue weighted by Crippen LogP contribution is 2.51. The number of nitrogens with one attached hydrogen (secondary N) is 1. The van der Waals surface area contributed by atoms with Gasteiger partial charge in [-0.25, -0.2) is 9.78 Å². The van der Waals surface area contributed by atoms with Gasteiger partial charge >= 0.3 is 17.9 Å². The number of carbonyl (C=O) groups excluding carboxylic acids is 3. The Morgan fingerprint density at radius 2 is 1.79 bits per heavy atom. The number of ether oxygens (including phenoxy) is 1. The number of amides is 1. The maximum absolute atomic E-state index is 12.4. The Kier molecular flexibility index (Phi) is 7.60. The zero-order valence-corrected chi connectivity index (χ0v) is 19.9. The number of esters is 2. The highest BCUT2D eigenvalue weighted by molar-refractivity contribution is 6.35. The molecular weight excluding hydrogens is 485 g/mol. The van der Waals surface area contributed by atoms with Crippen LogP contribution in [0.15, 0.2) is 36.4 Å². The van der Waals surface area contributed by atoms with Gasteiger partial charge in [-0.05, 0) is 48.1 Å². The third-order valence-electron chi connectivity index (χ3n) is 6.08. The van der Waals surface area contributed by atoms with E-state index >= 15 is 0 Å². The Morgan fingerprint density at radius 3 is 2.35 bits per heavy atom. The van der Waals surface area contributed by atoms with Crippen molar-refractivity contribution in [1.29, 1.82) is 0 Å². The Bertz CT molecular complexity index is 1140. The van der Waals surface area contributed by atoms with Gasteiger partial charge in [-0.15, -0.1) is 0 Å². The van der Waals surface area contributed by atoms with Crippen molar-refractivity contribution in [2.24, 2.45) is 23.0 Å². The summed E-state index contributed by atoms with van der Waals surface area (Å²) in [4.78, 5) is 52.0. The largest absolute Gasteiger partial charge is 0.481 e. The van der Waals surface area contributed by atoms with Gasteiger partial charge in [0, 0.05) is 5.69 Å². The zero-order chi connectivity index (χ0) is 25.2. The fraction of sp³-hybridized carbons (Fsp3) is 0.348. The predicted molar refractivity (Wildman–Crippen MR) is 124 cm³/mol. The first-order valence-corrected chi connectivity index (χ1v) is 11.1. The third kappa shape index (κ3) is 5.55. The summed E-state index contributed by atoms with van der Waals surface area (Å²) in [6.45, 7) is 3.31. The van der Waals surface area contributed by atoms with E-state index in [-0.39, 0.29) is 28.7 Å². The van der Waals surface area contributed by atoms with Crippen LogP contribution in [0, 0.1) is 17.3 Å². The number of hydrogen-bond acceptors (Lipinski definition) is 7. The highest BCUT2D eigenvalue weighted by Gasteiger charge is 2.56. The minimum atomic E-state index is -1.10. The Morgan fingerprint density at radius 1 is 1.15 bits per heavy atom. The van der Waals surface area contributed by atoms with Crippen molar-refractivity contribution in [2.45, 2.75) is 32.7 Å². The molecule has 0 bridgehead atoms. The number of aromatic nitrogens is 1. The van der Waals surface area contributed by atoms with Crippen molar-refractivity contribution < 1.29 is 29.0 Å². The van der Waals surface area contributed by atoms with Gasteiger partial charge in [0.1, 0.15) is 16.3 Å². The van der Waals surface area contributed by atoms with Gasteiger partial charge in [0.2, 0.25) is 0 Å². The summed E-state index contributed by atoms with van der Waals surface area (Å²) in [6, 6.07) is 8.39. The first-order valence-electron chi connectivity index (χ1n) is 10.4. The number of anilines is 1. The van der Waals surface area contributed by atoms with E-state index in [0.29, 0.717) is 11.3 Å². The van der Waals surface area contributed by atoms with Gasteiger partial charge in [-0.2, -0.15) is 0 Å². The number of carboxylic acids is 1. The predicted octanol–water partition coefficient (Wildman–Crippen LogP) is 3.33. The highest BCUT2D eigenvalue weighted by atomic mass is 35.5. The molecule has 1 amide bonds. The van der Waals surface area contributed by atoms with E-state index in [4.69, 9.17) is 33.7 Å². The number of carboxylic acid groups (broad SMARTS) is 1. The molecule has 34 heavy (non-hydrogen) atoms. The molecule has 3 atom stereocenters. The minimum Gasteiger partial charge on any atom is -0.481 e. The number of rotatable bonds is 7. The second-order valence-corrected chi connectivity index (χ2v) is 9.42. The molecule has 0 saturated heterocycles. The summed E-state index contributed by atoms with van der Waals surface area (Å²) < 4.78 is 4.92. The lowest BCUT2D eigenvalue weighted by Gasteiger charge is -2.47. The topological polar surface area (TPSA) is 149 Å². The lowest BCUT2D eigenvalue weighted by Crippen LogP contribution is -2.53. The van der Waals surface area contributed by atoms with E-state index < -0.39 is 47.1 Å². The monoisotopic (exact) mass is 507 g/mol. The molecule has 0 aliphatic heterocycles. The second-order valence-electron chi connectivity index (χ2n) is 8.67. The molecule has 3 rings (SSSR count). The summed E-state index contributed by atoms with van der Waals surface area (Å²) in [5, 5.41) is 12.0. The molecule has 1 heterocycles. The fourth-order valence-electron chi connectivity index (χ4n) is 3.83. The van der Waals surface area contributed by atoms with E-state index in [9.17, 15) is 24.3 Å². The molecule has 4 N–H and O–H groups in total. The molecule has 1 aromatic heterocycles. The van der Waals surface area contributed by atoms with Gasteiger partial charge < -0.3 is 20.9 Å². The average molecular weight is 508 g/mol.